The Morgan fingerprint density at radius 2 is 1.41 bits per heavy atom. The van der Waals surface area contributed by atoms with E-state index in [1.54, 1.807) is 4.90 Å². The third-order valence-electron chi connectivity index (χ3n) is 2.24. The molecular weight excluding hydrogens is 229 g/mol. The fraction of sp³-hybridized carbons (Fsp3) is 0.917. The van der Waals surface area contributed by atoms with Crippen LogP contribution in [-0.2, 0) is 0 Å². The molecule has 0 fully saturated rings. The molecule has 0 N–H and O–H groups in total. The minimum Gasteiger partial charge on any atom is -0.301 e. The van der Waals surface area contributed by atoms with Gasteiger partial charge in [-0.15, -0.1) is 0 Å². The zero-order valence-corrected chi connectivity index (χ0v) is 10.9. The van der Waals surface area contributed by atoms with Crippen molar-refractivity contribution in [3.05, 3.63) is 0 Å². The van der Waals surface area contributed by atoms with Crippen molar-refractivity contribution in [2.24, 2.45) is 17.8 Å². The Labute approximate surface area is 101 Å². The van der Waals surface area contributed by atoms with Gasteiger partial charge in [0, 0.05) is 19.6 Å². The summed E-state index contributed by atoms with van der Waals surface area (Å²) >= 11 is 0. The van der Waals surface area contributed by atoms with Crippen molar-refractivity contribution in [2.45, 2.75) is 33.9 Å². The molecule has 0 aliphatic carbocycles. The number of hydrogen-bond acceptors (Lipinski definition) is 2. The van der Waals surface area contributed by atoms with E-state index in [9.17, 15) is 13.2 Å². The standard InChI is InChI=1S/C12H21F3N2/c1-9(2)6-17(7-10(3)4)8-11(5-16)12(13,14)15/h9-11H,6-8H2,1-4H3. The molecule has 0 saturated heterocycles. The lowest BCUT2D eigenvalue weighted by Crippen LogP contribution is -2.39. The van der Waals surface area contributed by atoms with Crippen LogP contribution in [0.25, 0.3) is 0 Å². The molecule has 0 aromatic heterocycles. The Bertz CT molecular complexity index is 243. The van der Waals surface area contributed by atoms with Gasteiger partial charge < -0.3 is 4.90 Å². The van der Waals surface area contributed by atoms with Crippen LogP contribution in [0.15, 0.2) is 0 Å². The molecule has 0 aliphatic rings. The second-order valence-electron chi connectivity index (χ2n) is 5.23. The summed E-state index contributed by atoms with van der Waals surface area (Å²) in [6.07, 6.45) is -4.43. The van der Waals surface area contributed by atoms with Gasteiger partial charge in [0.05, 0.1) is 6.07 Å². The van der Waals surface area contributed by atoms with E-state index in [4.69, 9.17) is 5.26 Å². The average molecular weight is 250 g/mol. The van der Waals surface area contributed by atoms with E-state index >= 15 is 0 Å². The molecule has 0 aromatic carbocycles. The number of nitriles is 1. The molecule has 100 valence electrons. The summed E-state index contributed by atoms with van der Waals surface area (Å²) in [7, 11) is 0. The van der Waals surface area contributed by atoms with Gasteiger partial charge in [-0.1, -0.05) is 27.7 Å². The molecule has 0 amide bonds. The predicted molar refractivity (Wildman–Crippen MR) is 61.3 cm³/mol. The van der Waals surface area contributed by atoms with Gasteiger partial charge in [-0.3, -0.25) is 0 Å². The van der Waals surface area contributed by atoms with E-state index < -0.39 is 12.1 Å². The van der Waals surface area contributed by atoms with Gasteiger partial charge in [0.1, 0.15) is 0 Å². The highest BCUT2D eigenvalue weighted by atomic mass is 19.4. The smallest absolute Gasteiger partial charge is 0.301 e. The fourth-order valence-electron chi connectivity index (χ4n) is 1.73. The normalized spacial score (nSPS) is 14.4. The van der Waals surface area contributed by atoms with Crippen LogP contribution in [0.1, 0.15) is 27.7 Å². The van der Waals surface area contributed by atoms with E-state index in [2.05, 4.69) is 0 Å². The molecule has 0 bridgehead atoms. The molecule has 0 aromatic rings. The highest BCUT2D eigenvalue weighted by molar-refractivity contribution is 4.90. The van der Waals surface area contributed by atoms with Crippen LogP contribution in [0.4, 0.5) is 13.2 Å². The largest absolute Gasteiger partial charge is 0.405 e. The van der Waals surface area contributed by atoms with Gasteiger partial charge in [-0.25, -0.2) is 0 Å². The number of rotatable bonds is 6. The summed E-state index contributed by atoms with van der Waals surface area (Å²) in [6.45, 7) is 8.80. The maximum Gasteiger partial charge on any atom is 0.405 e. The Balaban J connectivity index is 4.55. The van der Waals surface area contributed by atoms with Crippen molar-refractivity contribution < 1.29 is 13.2 Å². The van der Waals surface area contributed by atoms with Crippen molar-refractivity contribution in [2.75, 3.05) is 19.6 Å². The highest BCUT2D eigenvalue weighted by Gasteiger charge is 2.40. The topological polar surface area (TPSA) is 27.0 Å². The molecule has 17 heavy (non-hydrogen) atoms. The Hall–Kier alpha value is -0.760. The number of halogens is 3. The average Bonchev–Trinajstić information content (AvgIpc) is 2.09. The molecule has 1 atom stereocenters. The number of nitrogens with zero attached hydrogens (tertiary/aromatic N) is 2. The molecular formula is C12H21F3N2. The van der Waals surface area contributed by atoms with Crippen LogP contribution >= 0.6 is 0 Å². The van der Waals surface area contributed by atoms with Crippen LogP contribution in [-0.4, -0.2) is 30.7 Å². The van der Waals surface area contributed by atoms with Crippen LogP contribution in [0.5, 0.6) is 0 Å². The monoisotopic (exact) mass is 250 g/mol. The maximum atomic E-state index is 12.5. The van der Waals surface area contributed by atoms with E-state index in [1.807, 2.05) is 27.7 Å². The van der Waals surface area contributed by atoms with Gasteiger partial charge in [-0.2, -0.15) is 18.4 Å². The van der Waals surface area contributed by atoms with Crippen molar-refractivity contribution in [1.29, 1.82) is 5.26 Å². The lowest BCUT2D eigenvalue weighted by molar-refractivity contribution is -0.163. The lowest BCUT2D eigenvalue weighted by Gasteiger charge is -2.28. The minimum atomic E-state index is -4.43. The zero-order chi connectivity index (χ0) is 13.6. The first-order chi connectivity index (χ1) is 7.66. The molecule has 0 aliphatic heterocycles. The minimum absolute atomic E-state index is 0.226. The summed E-state index contributed by atoms with van der Waals surface area (Å²) in [5.74, 6) is -1.30. The van der Waals surface area contributed by atoms with Crippen molar-refractivity contribution in [3.63, 3.8) is 0 Å². The number of hydrogen-bond donors (Lipinski definition) is 0. The van der Waals surface area contributed by atoms with Crippen molar-refractivity contribution in [1.82, 2.24) is 4.90 Å². The molecule has 0 saturated carbocycles. The fourth-order valence-corrected chi connectivity index (χ4v) is 1.73. The van der Waals surface area contributed by atoms with Crippen molar-refractivity contribution in [3.8, 4) is 6.07 Å². The molecule has 1 unspecified atom stereocenters. The summed E-state index contributed by atoms with van der Waals surface area (Å²) < 4.78 is 37.5. The third kappa shape index (κ3) is 7.22. The molecule has 0 rings (SSSR count). The van der Waals surface area contributed by atoms with Crippen LogP contribution < -0.4 is 0 Å². The first-order valence-electron chi connectivity index (χ1n) is 5.85. The molecule has 0 heterocycles. The summed E-state index contributed by atoms with van der Waals surface area (Å²) in [4.78, 5) is 1.73. The summed E-state index contributed by atoms with van der Waals surface area (Å²) in [5, 5.41) is 8.58. The summed E-state index contributed by atoms with van der Waals surface area (Å²) in [6, 6.07) is 1.35. The van der Waals surface area contributed by atoms with E-state index in [-0.39, 0.29) is 6.54 Å². The van der Waals surface area contributed by atoms with Crippen LogP contribution in [0.3, 0.4) is 0 Å². The SMILES string of the molecule is CC(C)CN(CC(C)C)CC(C#N)C(F)(F)F. The summed E-state index contributed by atoms with van der Waals surface area (Å²) in [5.41, 5.74) is 0. The second-order valence-corrected chi connectivity index (χ2v) is 5.23. The first kappa shape index (κ1) is 16.2. The third-order valence-corrected chi connectivity index (χ3v) is 2.24. The molecule has 5 heteroatoms. The zero-order valence-electron chi connectivity index (χ0n) is 10.9. The van der Waals surface area contributed by atoms with E-state index in [1.165, 1.54) is 6.07 Å². The maximum absolute atomic E-state index is 12.5. The van der Waals surface area contributed by atoms with E-state index in [0.717, 1.165) is 0 Å². The van der Waals surface area contributed by atoms with Gasteiger partial charge in [0.2, 0.25) is 0 Å². The van der Waals surface area contributed by atoms with Gasteiger partial charge in [0.25, 0.3) is 0 Å². The van der Waals surface area contributed by atoms with Gasteiger partial charge >= 0.3 is 6.18 Å². The Morgan fingerprint density at radius 3 is 1.65 bits per heavy atom. The predicted octanol–water partition coefficient (Wildman–Crippen LogP) is 3.30. The number of alkyl halides is 3. The van der Waals surface area contributed by atoms with Crippen molar-refractivity contribution >= 4 is 0 Å². The quantitative estimate of drug-likeness (QED) is 0.723. The molecule has 0 spiro atoms. The Kier molecular flexibility index (Phi) is 6.54. The van der Waals surface area contributed by atoms with Gasteiger partial charge in [0.15, 0.2) is 5.92 Å². The van der Waals surface area contributed by atoms with E-state index in [0.29, 0.717) is 24.9 Å². The lowest BCUT2D eigenvalue weighted by atomic mass is 10.1. The van der Waals surface area contributed by atoms with Crippen LogP contribution in [0, 0.1) is 29.1 Å². The van der Waals surface area contributed by atoms with Crippen LogP contribution in [0.2, 0.25) is 0 Å². The highest BCUT2D eigenvalue weighted by Crippen LogP contribution is 2.26. The first-order valence-corrected chi connectivity index (χ1v) is 5.85. The second kappa shape index (κ2) is 6.85. The molecule has 2 nitrogen and oxygen atoms in total. The molecule has 0 radical (unpaired) electrons. The van der Waals surface area contributed by atoms with Gasteiger partial charge in [-0.05, 0) is 11.8 Å². The Morgan fingerprint density at radius 1 is 1.00 bits per heavy atom.